The molecule has 1 saturated heterocycles. The summed E-state index contributed by atoms with van der Waals surface area (Å²) in [5.74, 6) is -0.0683. The van der Waals surface area contributed by atoms with Gasteiger partial charge in [0.1, 0.15) is 0 Å². The van der Waals surface area contributed by atoms with Crippen LogP contribution >= 0.6 is 0 Å². The van der Waals surface area contributed by atoms with Gasteiger partial charge in [-0.15, -0.1) is 0 Å². The van der Waals surface area contributed by atoms with Gasteiger partial charge < -0.3 is 14.7 Å². The first kappa shape index (κ1) is 16.7. The SMILES string of the molecule is O=C(c1cccc2c(-c3cccnc3)cccc12)N1CCOCC1CO. The zero-order chi connectivity index (χ0) is 17.9. The van der Waals surface area contributed by atoms with Crippen LogP contribution in [0.2, 0.25) is 0 Å². The van der Waals surface area contributed by atoms with Crippen molar-refractivity contribution in [3.05, 3.63) is 66.5 Å². The molecule has 4 rings (SSSR count). The number of aliphatic hydroxyl groups is 1. The Morgan fingerprint density at radius 3 is 2.81 bits per heavy atom. The molecule has 0 spiro atoms. The third-order valence-corrected chi connectivity index (χ3v) is 4.82. The summed E-state index contributed by atoms with van der Waals surface area (Å²) in [7, 11) is 0. The second-order valence-corrected chi connectivity index (χ2v) is 6.36. The molecule has 1 aromatic heterocycles. The van der Waals surface area contributed by atoms with E-state index in [1.165, 1.54) is 0 Å². The molecule has 1 fully saturated rings. The zero-order valence-corrected chi connectivity index (χ0v) is 14.3. The molecule has 1 atom stereocenters. The molecule has 2 heterocycles. The van der Waals surface area contributed by atoms with Crippen LogP contribution in [0.5, 0.6) is 0 Å². The number of fused-ring (bicyclic) bond motifs is 1. The lowest BCUT2D eigenvalue weighted by atomic mass is 9.95. The lowest BCUT2D eigenvalue weighted by Crippen LogP contribution is -2.50. The minimum atomic E-state index is -0.298. The maximum absolute atomic E-state index is 13.2. The molecule has 1 amide bonds. The normalized spacial score (nSPS) is 17.4. The highest BCUT2D eigenvalue weighted by atomic mass is 16.5. The molecule has 5 nitrogen and oxygen atoms in total. The number of pyridine rings is 1. The van der Waals surface area contributed by atoms with Crippen LogP contribution in [0, 0.1) is 0 Å². The number of carbonyl (C=O) groups excluding carboxylic acids is 1. The Morgan fingerprint density at radius 2 is 2.00 bits per heavy atom. The molecular weight excluding hydrogens is 328 g/mol. The van der Waals surface area contributed by atoms with Crippen molar-refractivity contribution in [3.63, 3.8) is 0 Å². The van der Waals surface area contributed by atoms with Crippen LogP contribution in [0.15, 0.2) is 60.9 Å². The number of benzene rings is 2. The number of hydrogen-bond donors (Lipinski definition) is 1. The van der Waals surface area contributed by atoms with Gasteiger partial charge in [-0.3, -0.25) is 9.78 Å². The Morgan fingerprint density at radius 1 is 1.15 bits per heavy atom. The van der Waals surface area contributed by atoms with Crippen molar-refractivity contribution in [2.24, 2.45) is 0 Å². The van der Waals surface area contributed by atoms with E-state index in [0.717, 1.165) is 21.9 Å². The quantitative estimate of drug-likeness (QED) is 0.791. The van der Waals surface area contributed by atoms with E-state index >= 15 is 0 Å². The molecule has 2 aromatic carbocycles. The standard InChI is InChI=1S/C21H20N2O3/c24-13-16-14-26-11-10-23(16)21(25)20-8-2-6-18-17(5-1-7-19(18)20)15-4-3-9-22-12-15/h1-9,12,16,24H,10-11,13-14H2. The number of morpholine rings is 1. The van der Waals surface area contributed by atoms with Crippen molar-refractivity contribution in [2.75, 3.05) is 26.4 Å². The summed E-state index contributed by atoms with van der Waals surface area (Å²) in [5, 5.41) is 11.5. The van der Waals surface area contributed by atoms with Crippen LogP contribution in [0.4, 0.5) is 0 Å². The van der Waals surface area contributed by atoms with Crippen LogP contribution in [-0.4, -0.2) is 53.3 Å². The number of aromatic nitrogens is 1. The van der Waals surface area contributed by atoms with Crippen LogP contribution in [-0.2, 0) is 4.74 Å². The molecule has 0 aliphatic carbocycles. The highest BCUT2D eigenvalue weighted by Crippen LogP contribution is 2.30. The average Bonchev–Trinajstić information content (AvgIpc) is 2.73. The lowest BCUT2D eigenvalue weighted by molar-refractivity contribution is -0.0183. The first-order chi connectivity index (χ1) is 12.8. The van der Waals surface area contributed by atoms with Crippen molar-refractivity contribution >= 4 is 16.7 Å². The Labute approximate surface area is 151 Å². The van der Waals surface area contributed by atoms with Crippen LogP contribution in [0.3, 0.4) is 0 Å². The highest BCUT2D eigenvalue weighted by molar-refractivity contribution is 6.10. The van der Waals surface area contributed by atoms with Gasteiger partial charge in [-0.2, -0.15) is 0 Å². The molecule has 1 aliphatic heterocycles. The van der Waals surface area contributed by atoms with E-state index < -0.39 is 0 Å². The predicted octanol–water partition coefficient (Wildman–Crippen LogP) is 2.74. The number of aliphatic hydroxyl groups excluding tert-OH is 1. The Bertz CT molecular complexity index is 927. The Hall–Kier alpha value is -2.76. The van der Waals surface area contributed by atoms with E-state index in [1.54, 1.807) is 11.1 Å². The molecule has 1 N–H and O–H groups in total. The largest absolute Gasteiger partial charge is 0.394 e. The zero-order valence-electron chi connectivity index (χ0n) is 14.3. The lowest BCUT2D eigenvalue weighted by Gasteiger charge is -2.34. The van der Waals surface area contributed by atoms with Gasteiger partial charge in [-0.1, -0.05) is 36.4 Å². The molecule has 0 radical (unpaired) electrons. The van der Waals surface area contributed by atoms with E-state index in [1.807, 2.05) is 54.7 Å². The van der Waals surface area contributed by atoms with Crippen molar-refractivity contribution in [3.8, 4) is 11.1 Å². The summed E-state index contributed by atoms with van der Waals surface area (Å²) < 4.78 is 5.39. The van der Waals surface area contributed by atoms with Gasteiger partial charge in [-0.25, -0.2) is 0 Å². The minimum absolute atomic E-state index is 0.0683. The maximum Gasteiger partial charge on any atom is 0.254 e. The number of hydrogen-bond acceptors (Lipinski definition) is 4. The average molecular weight is 348 g/mol. The number of ether oxygens (including phenoxy) is 1. The van der Waals surface area contributed by atoms with E-state index in [2.05, 4.69) is 4.98 Å². The summed E-state index contributed by atoms with van der Waals surface area (Å²) in [5.41, 5.74) is 2.71. The molecule has 26 heavy (non-hydrogen) atoms. The topological polar surface area (TPSA) is 62.7 Å². The van der Waals surface area contributed by atoms with Gasteiger partial charge in [0.25, 0.3) is 5.91 Å². The fourth-order valence-electron chi connectivity index (χ4n) is 3.50. The molecule has 132 valence electrons. The van der Waals surface area contributed by atoms with E-state index in [9.17, 15) is 9.90 Å². The fraction of sp³-hybridized carbons (Fsp3) is 0.238. The monoisotopic (exact) mass is 348 g/mol. The Balaban J connectivity index is 1.80. The molecule has 1 aliphatic rings. The van der Waals surface area contributed by atoms with Gasteiger partial charge in [0.15, 0.2) is 0 Å². The second-order valence-electron chi connectivity index (χ2n) is 6.36. The first-order valence-electron chi connectivity index (χ1n) is 8.71. The molecule has 3 aromatic rings. The highest BCUT2D eigenvalue weighted by Gasteiger charge is 2.28. The van der Waals surface area contributed by atoms with Crippen molar-refractivity contribution in [1.29, 1.82) is 0 Å². The van der Waals surface area contributed by atoms with Crippen LogP contribution < -0.4 is 0 Å². The third-order valence-electron chi connectivity index (χ3n) is 4.82. The van der Waals surface area contributed by atoms with Crippen molar-refractivity contribution < 1.29 is 14.6 Å². The first-order valence-corrected chi connectivity index (χ1v) is 8.71. The number of rotatable bonds is 3. The summed E-state index contributed by atoms with van der Waals surface area (Å²) in [6.45, 7) is 1.25. The molecule has 1 unspecified atom stereocenters. The maximum atomic E-state index is 13.2. The van der Waals surface area contributed by atoms with Crippen molar-refractivity contribution in [2.45, 2.75) is 6.04 Å². The van der Waals surface area contributed by atoms with Gasteiger partial charge in [0, 0.05) is 30.1 Å². The smallest absolute Gasteiger partial charge is 0.254 e. The van der Waals surface area contributed by atoms with E-state index in [-0.39, 0.29) is 18.6 Å². The molecular formula is C21H20N2O3. The number of nitrogens with zero attached hydrogens (tertiary/aromatic N) is 2. The van der Waals surface area contributed by atoms with Gasteiger partial charge >= 0.3 is 0 Å². The fourth-order valence-corrected chi connectivity index (χ4v) is 3.50. The van der Waals surface area contributed by atoms with Gasteiger partial charge in [0.2, 0.25) is 0 Å². The van der Waals surface area contributed by atoms with Crippen molar-refractivity contribution in [1.82, 2.24) is 9.88 Å². The van der Waals surface area contributed by atoms with E-state index in [0.29, 0.717) is 25.3 Å². The predicted molar refractivity (Wildman–Crippen MR) is 99.9 cm³/mol. The van der Waals surface area contributed by atoms with Crippen LogP contribution in [0.25, 0.3) is 21.9 Å². The molecule has 0 saturated carbocycles. The molecule has 0 bridgehead atoms. The minimum Gasteiger partial charge on any atom is -0.394 e. The summed E-state index contributed by atoms with van der Waals surface area (Å²) in [4.78, 5) is 19.1. The summed E-state index contributed by atoms with van der Waals surface area (Å²) >= 11 is 0. The third kappa shape index (κ3) is 2.96. The number of amides is 1. The number of carbonyl (C=O) groups is 1. The van der Waals surface area contributed by atoms with Gasteiger partial charge in [0.05, 0.1) is 25.9 Å². The Kier molecular flexibility index (Phi) is 4.65. The van der Waals surface area contributed by atoms with Crippen LogP contribution in [0.1, 0.15) is 10.4 Å². The molecule has 5 heteroatoms. The second kappa shape index (κ2) is 7.23. The summed E-state index contributed by atoms with van der Waals surface area (Å²) in [6, 6.07) is 15.4. The summed E-state index contributed by atoms with van der Waals surface area (Å²) in [6.07, 6.45) is 3.57. The van der Waals surface area contributed by atoms with Gasteiger partial charge in [-0.05, 0) is 28.5 Å². The van der Waals surface area contributed by atoms with E-state index in [4.69, 9.17) is 4.74 Å².